The number of hydrogen-bond acceptors (Lipinski definition) is 6. The third-order valence-electron chi connectivity index (χ3n) is 6.98. The van der Waals surface area contributed by atoms with Gasteiger partial charge in [0.05, 0.1) is 12.8 Å². The number of aliphatic carboxylic acids is 1. The summed E-state index contributed by atoms with van der Waals surface area (Å²) in [6.45, 7) is 0.583. The van der Waals surface area contributed by atoms with Gasteiger partial charge in [-0.2, -0.15) is 0 Å². The van der Waals surface area contributed by atoms with Crippen molar-refractivity contribution in [3.8, 4) is 11.5 Å². The molecule has 2 heterocycles. The summed E-state index contributed by atoms with van der Waals surface area (Å²) in [6, 6.07) is 4.67. The predicted octanol–water partition coefficient (Wildman–Crippen LogP) is 1.82. The van der Waals surface area contributed by atoms with Crippen LogP contribution in [0.2, 0.25) is 0 Å². The van der Waals surface area contributed by atoms with Gasteiger partial charge in [0.25, 0.3) is 0 Å². The third kappa shape index (κ3) is 2.18. The standard InChI is InChI=1S/C20H24N2O5/c1-22-8-7-20-12-4-5-13(21-26-10-16(23)24)19(20)27-18-15(25-2)6-3-11(17(18)20)9-14(12)22/h3,6,12,14,19H,4-5,7-10H2,1-2H3,(H,23,24)/b21-13+/t12-,14+,19+,20-/m0/s1. The first-order chi connectivity index (χ1) is 13.1. The zero-order valence-corrected chi connectivity index (χ0v) is 15.6. The molecule has 2 fully saturated rings. The van der Waals surface area contributed by atoms with Crippen LogP contribution >= 0.6 is 0 Å². The van der Waals surface area contributed by atoms with Crippen molar-refractivity contribution in [1.29, 1.82) is 0 Å². The Balaban J connectivity index is 1.64. The van der Waals surface area contributed by atoms with E-state index in [1.807, 2.05) is 6.07 Å². The Morgan fingerprint density at radius 1 is 1.48 bits per heavy atom. The van der Waals surface area contributed by atoms with Crippen LogP contribution in [0.4, 0.5) is 0 Å². The van der Waals surface area contributed by atoms with Crippen LogP contribution in [0.5, 0.6) is 11.5 Å². The molecule has 1 spiro atoms. The number of nitrogens with zero attached hydrogens (tertiary/aromatic N) is 2. The molecule has 1 N–H and O–H groups in total. The molecule has 27 heavy (non-hydrogen) atoms. The summed E-state index contributed by atoms with van der Waals surface area (Å²) in [5.74, 6) is 1.09. The van der Waals surface area contributed by atoms with Crippen molar-refractivity contribution >= 4 is 11.7 Å². The number of likely N-dealkylation sites (N-methyl/N-ethyl adjacent to an activating group) is 1. The van der Waals surface area contributed by atoms with Gasteiger partial charge in [-0.05, 0) is 56.8 Å². The SMILES string of the molecule is COc1ccc2c3c1O[C@@H]1/C(=N/OCC(=O)O)CC[C@H]4[C@@H](C2)N(C)CC[C@]314. The maximum atomic E-state index is 10.8. The lowest BCUT2D eigenvalue weighted by molar-refractivity contribution is -0.142. The molecule has 2 aliphatic carbocycles. The summed E-state index contributed by atoms with van der Waals surface area (Å²) in [7, 11) is 3.89. The van der Waals surface area contributed by atoms with Gasteiger partial charge in [-0.3, -0.25) is 0 Å². The number of methoxy groups -OCH3 is 1. The average molecular weight is 372 g/mol. The van der Waals surface area contributed by atoms with E-state index in [1.165, 1.54) is 11.1 Å². The number of oxime groups is 1. The van der Waals surface area contributed by atoms with Gasteiger partial charge in [0.2, 0.25) is 6.61 Å². The van der Waals surface area contributed by atoms with E-state index in [9.17, 15) is 4.79 Å². The molecule has 4 aliphatic rings. The molecule has 7 nitrogen and oxygen atoms in total. The quantitative estimate of drug-likeness (QED) is 0.812. The monoisotopic (exact) mass is 372 g/mol. The van der Waals surface area contributed by atoms with Crippen LogP contribution in [0.25, 0.3) is 0 Å². The third-order valence-corrected chi connectivity index (χ3v) is 6.98. The number of likely N-dealkylation sites (tertiary alicyclic amines) is 1. The first-order valence-corrected chi connectivity index (χ1v) is 9.54. The summed E-state index contributed by atoms with van der Waals surface area (Å²) >= 11 is 0. The number of ether oxygens (including phenoxy) is 2. The van der Waals surface area contributed by atoms with E-state index in [-0.39, 0.29) is 11.5 Å². The molecule has 1 saturated heterocycles. The van der Waals surface area contributed by atoms with Crippen LogP contribution in [-0.2, 0) is 21.5 Å². The highest BCUT2D eigenvalue weighted by atomic mass is 16.6. The van der Waals surface area contributed by atoms with E-state index in [2.05, 4.69) is 23.2 Å². The lowest BCUT2D eigenvalue weighted by atomic mass is 9.51. The molecule has 5 rings (SSSR count). The van der Waals surface area contributed by atoms with Crippen LogP contribution < -0.4 is 9.47 Å². The summed E-state index contributed by atoms with van der Waals surface area (Å²) in [6.07, 6.45) is 3.62. The lowest BCUT2D eigenvalue weighted by Gasteiger charge is -2.57. The van der Waals surface area contributed by atoms with Crippen molar-refractivity contribution in [1.82, 2.24) is 4.90 Å². The van der Waals surface area contributed by atoms with Crippen molar-refractivity contribution in [2.24, 2.45) is 11.1 Å². The van der Waals surface area contributed by atoms with Gasteiger partial charge < -0.3 is 24.3 Å². The second-order valence-corrected chi connectivity index (χ2v) is 8.07. The van der Waals surface area contributed by atoms with E-state index in [0.717, 1.165) is 49.4 Å². The van der Waals surface area contributed by atoms with Gasteiger partial charge in [0, 0.05) is 17.0 Å². The Kier molecular flexibility index (Phi) is 3.66. The Morgan fingerprint density at radius 3 is 3.11 bits per heavy atom. The highest BCUT2D eigenvalue weighted by molar-refractivity contribution is 5.93. The molecule has 2 aliphatic heterocycles. The predicted molar refractivity (Wildman–Crippen MR) is 97.6 cm³/mol. The fraction of sp³-hybridized carbons (Fsp3) is 0.600. The molecule has 4 atom stereocenters. The Morgan fingerprint density at radius 2 is 2.33 bits per heavy atom. The largest absolute Gasteiger partial charge is 0.493 e. The van der Waals surface area contributed by atoms with E-state index < -0.39 is 12.6 Å². The lowest BCUT2D eigenvalue weighted by Crippen LogP contribution is -2.65. The summed E-state index contributed by atoms with van der Waals surface area (Å²) in [4.78, 5) is 18.4. The van der Waals surface area contributed by atoms with Gasteiger partial charge in [-0.25, -0.2) is 4.79 Å². The van der Waals surface area contributed by atoms with Gasteiger partial charge in [-0.15, -0.1) is 0 Å². The van der Waals surface area contributed by atoms with Gasteiger partial charge in [-0.1, -0.05) is 11.2 Å². The molecule has 0 radical (unpaired) electrons. The maximum absolute atomic E-state index is 10.8. The number of benzene rings is 1. The van der Waals surface area contributed by atoms with Crippen LogP contribution in [-0.4, -0.2) is 61.1 Å². The molecular weight excluding hydrogens is 348 g/mol. The number of hydrogen-bond donors (Lipinski definition) is 1. The van der Waals surface area contributed by atoms with E-state index in [0.29, 0.717) is 12.0 Å². The van der Waals surface area contributed by atoms with Crippen LogP contribution in [0.3, 0.4) is 0 Å². The number of carboxylic acids is 1. The first kappa shape index (κ1) is 16.9. The van der Waals surface area contributed by atoms with Crippen molar-refractivity contribution in [3.63, 3.8) is 0 Å². The molecule has 0 amide bonds. The van der Waals surface area contributed by atoms with E-state index in [4.69, 9.17) is 19.4 Å². The summed E-state index contributed by atoms with van der Waals surface area (Å²) in [5, 5.41) is 13.1. The van der Waals surface area contributed by atoms with Gasteiger partial charge >= 0.3 is 5.97 Å². The van der Waals surface area contributed by atoms with Crippen molar-refractivity contribution in [3.05, 3.63) is 23.3 Å². The molecule has 144 valence electrons. The molecule has 1 aromatic rings. The highest BCUT2D eigenvalue weighted by Gasteiger charge is 2.65. The van der Waals surface area contributed by atoms with Crippen LogP contribution in [0, 0.1) is 5.92 Å². The first-order valence-electron chi connectivity index (χ1n) is 9.54. The average Bonchev–Trinajstić information content (AvgIpc) is 3.00. The van der Waals surface area contributed by atoms with Crippen LogP contribution in [0.15, 0.2) is 17.3 Å². The van der Waals surface area contributed by atoms with E-state index in [1.54, 1.807) is 7.11 Å². The second-order valence-electron chi connectivity index (χ2n) is 8.07. The smallest absolute Gasteiger partial charge is 0.344 e. The zero-order valence-electron chi connectivity index (χ0n) is 15.6. The molecule has 1 aromatic carbocycles. The number of piperidine rings is 1. The van der Waals surface area contributed by atoms with E-state index >= 15 is 0 Å². The van der Waals surface area contributed by atoms with Crippen LogP contribution in [0.1, 0.15) is 30.4 Å². The minimum Gasteiger partial charge on any atom is -0.493 e. The Labute approximate surface area is 157 Å². The number of carboxylic acid groups (broad SMARTS) is 1. The summed E-state index contributed by atoms with van der Waals surface area (Å²) < 4.78 is 12.1. The molecule has 0 unspecified atom stereocenters. The second kappa shape index (κ2) is 5.86. The number of rotatable bonds is 4. The van der Waals surface area contributed by atoms with Crippen molar-refractivity contribution < 1.29 is 24.2 Å². The Hall–Kier alpha value is -2.28. The molecular formula is C20H24N2O5. The van der Waals surface area contributed by atoms with Gasteiger partial charge in [0.15, 0.2) is 17.6 Å². The molecule has 1 saturated carbocycles. The zero-order chi connectivity index (χ0) is 18.8. The minimum atomic E-state index is -1.03. The van der Waals surface area contributed by atoms with Crippen molar-refractivity contribution in [2.45, 2.75) is 43.2 Å². The maximum Gasteiger partial charge on any atom is 0.344 e. The Bertz CT molecular complexity index is 838. The normalized spacial score (nSPS) is 34.7. The molecule has 7 heteroatoms. The highest BCUT2D eigenvalue weighted by Crippen LogP contribution is 2.63. The fourth-order valence-electron chi connectivity index (χ4n) is 5.95. The fourth-order valence-corrected chi connectivity index (χ4v) is 5.95. The number of carbonyl (C=O) groups is 1. The molecule has 2 bridgehead atoms. The van der Waals surface area contributed by atoms with Crippen molar-refractivity contribution in [2.75, 3.05) is 27.3 Å². The topological polar surface area (TPSA) is 80.6 Å². The van der Waals surface area contributed by atoms with Gasteiger partial charge in [0.1, 0.15) is 0 Å². The summed E-state index contributed by atoms with van der Waals surface area (Å²) in [5.41, 5.74) is 3.35. The molecule has 0 aromatic heterocycles. The minimum absolute atomic E-state index is 0.113.